The molecule has 0 aromatic carbocycles. The van der Waals surface area contributed by atoms with Gasteiger partial charge < -0.3 is 14.6 Å². The summed E-state index contributed by atoms with van der Waals surface area (Å²) in [5, 5.41) is 6.43. The van der Waals surface area contributed by atoms with Crippen molar-refractivity contribution in [2.75, 3.05) is 11.9 Å². The first-order valence-electron chi connectivity index (χ1n) is 5.96. The lowest BCUT2D eigenvalue weighted by atomic mass is 10.3. The monoisotopic (exact) mass is 339 g/mol. The van der Waals surface area contributed by atoms with Crippen molar-refractivity contribution in [3.63, 3.8) is 0 Å². The minimum atomic E-state index is -0.276. The van der Waals surface area contributed by atoms with E-state index in [4.69, 9.17) is 9.26 Å². The molecule has 106 valence electrons. The molecule has 0 fully saturated rings. The summed E-state index contributed by atoms with van der Waals surface area (Å²) in [6.45, 7) is 3.87. The number of carbonyl (C=O) groups excluding carboxylic acids is 1. The van der Waals surface area contributed by atoms with Crippen LogP contribution in [-0.2, 0) is 16.1 Å². The van der Waals surface area contributed by atoms with Gasteiger partial charge in [-0.25, -0.2) is 4.98 Å². The Morgan fingerprint density at radius 2 is 2.25 bits per heavy atom. The maximum atomic E-state index is 11.7. The summed E-state index contributed by atoms with van der Waals surface area (Å²) < 4.78 is 10.9. The van der Waals surface area contributed by atoms with Crippen LogP contribution in [0.3, 0.4) is 0 Å². The average molecular weight is 340 g/mol. The lowest BCUT2D eigenvalue weighted by Crippen LogP contribution is -2.19. The van der Waals surface area contributed by atoms with Gasteiger partial charge in [0, 0.05) is 12.3 Å². The van der Waals surface area contributed by atoms with E-state index in [1.54, 1.807) is 19.2 Å². The fraction of sp³-hybridized carbons (Fsp3) is 0.308. The van der Waals surface area contributed by atoms with Crippen LogP contribution < -0.4 is 5.32 Å². The van der Waals surface area contributed by atoms with Gasteiger partial charge in [-0.2, -0.15) is 0 Å². The van der Waals surface area contributed by atoms with E-state index in [1.807, 2.05) is 13.0 Å². The van der Waals surface area contributed by atoms with E-state index in [2.05, 4.69) is 31.4 Å². The Kier molecular flexibility index (Phi) is 4.86. The maximum absolute atomic E-state index is 11.7. The summed E-state index contributed by atoms with van der Waals surface area (Å²) in [7, 11) is 0. The van der Waals surface area contributed by atoms with Crippen molar-refractivity contribution in [3.05, 3.63) is 39.8 Å². The molecule has 0 spiro atoms. The lowest BCUT2D eigenvalue weighted by molar-refractivity contribution is -0.121. The molecular weight excluding hydrogens is 326 g/mol. The van der Waals surface area contributed by atoms with Gasteiger partial charge in [0.05, 0.1) is 11.1 Å². The van der Waals surface area contributed by atoms with Gasteiger partial charge >= 0.3 is 0 Å². The normalized spacial score (nSPS) is 10.6. The molecule has 2 aromatic rings. The van der Waals surface area contributed by atoms with Gasteiger partial charge in [0.2, 0.25) is 0 Å². The third-order valence-electron chi connectivity index (χ3n) is 2.40. The maximum Gasteiger partial charge on any atom is 0.251 e. The van der Waals surface area contributed by atoms with Crippen LogP contribution in [0.5, 0.6) is 0 Å². The van der Waals surface area contributed by atoms with Gasteiger partial charge in [-0.05, 0) is 41.4 Å². The van der Waals surface area contributed by atoms with Crippen molar-refractivity contribution in [2.45, 2.75) is 20.5 Å². The summed E-state index contributed by atoms with van der Waals surface area (Å²) in [4.78, 5) is 15.8. The first-order valence-corrected chi connectivity index (χ1v) is 6.76. The van der Waals surface area contributed by atoms with E-state index in [-0.39, 0.29) is 19.1 Å². The number of pyridine rings is 1. The summed E-state index contributed by atoms with van der Waals surface area (Å²) >= 11 is 3.34. The number of nitrogens with zero attached hydrogens (tertiary/aromatic N) is 2. The van der Waals surface area contributed by atoms with E-state index in [1.165, 1.54) is 0 Å². The van der Waals surface area contributed by atoms with Crippen molar-refractivity contribution in [1.29, 1.82) is 0 Å². The summed E-state index contributed by atoms with van der Waals surface area (Å²) in [6.07, 6.45) is 1.68. The molecule has 0 saturated heterocycles. The second-order valence-electron chi connectivity index (χ2n) is 4.31. The van der Waals surface area contributed by atoms with Crippen molar-refractivity contribution >= 4 is 27.7 Å². The van der Waals surface area contributed by atoms with Crippen LogP contribution in [0.15, 0.2) is 27.3 Å². The molecule has 1 N–H and O–H groups in total. The Bertz CT molecular complexity index is 613. The quantitative estimate of drug-likeness (QED) is 0.905. The van der Waals surface area contributed by atoms with Crippen LogP contribution in [0.1, 0.15) is 17.0 Å². The van der Waals surface area contributed by atoms with Crippen LogP contribution in [0, 0.1) is 13.8 Å². The molecule has 6 nitrogen and oxygen atoms in total. The van der Waals surface area contributed by atoms with E-state index in [9.17, 15) is 4.79 Å². The van der Waals surface area contributed by atoms with Crippen LogP contribution in [0.4, 0.5) is 5.82 Å². The van der Waals surface area contributed by atoms with Gasteiger partial charge in [-0.1, -0.05) is 5.16 Å². The van der Waals surface area contributed by atoms with E-state index >= 15 is 0 Å². The second kappa shape index (κ2) is 6.62. The summed E-state index contributed by atoms with van der Waals surface area (Å²) in [5.41, 5.74) is 1.66. The molecule has 2 heterocycles. The zero-order valence-electron chi connectivity index (χ0n) is 11.1. The van der Waals surface area contributed by atoms with Gasteiger partial charge in [-0.3, -0.25) is 4.79 Å². The molecule has 0 aliphatic heterocycles. The number of hydrogen-bond acceptors (Lipinski definition) is 5. The van der Waals surface area contributed by atoms with Gasteiger partial charge in [0.15, 0.2) is 0 Å². The predicted octanol–water partition coefficient (Wildman–Crippen LogP) is 2.60. The Morgan fingerprint density at radius 1 is 1.45 bits per heavy atom. The summed E-state index contributed by atoms with van der Waals surface area (Å²) in [6, 6.07) is 3.64. The van der Waals surface area contributed by atoms with Crippen LogP contribution in [0.2, 0.25) is 0 Å². The number of carbonyl (C=O) groups is 1. The van der Waals surface area contributed by atoms with Gasteiger partial charge in [-0.15, -0.1) is 0 Å². The first-order chi connectivity index (χ1) is 9.54. The molecule has 2 aromatic heterocycles. The second-order valence-corrected chi connectivity index (χ2v) is 5.17. The Morgan fingerprint density at radius 3 is 2.90 bits per heavy atom. The van der Waals surface area contributed by atoms with Crippen LogP contribution in [0.25, 0.3) is 0 Å². The molecule has 0 radical (unpaired) electrons. The number of amides is 1. The average Bonchev–Trinajstić information content (AvgIpc) is 2.79. The molecule has 2 rings (SSSR count). The predicted molar refractivity (Wildman–Crippen MR) is 76.2 cm³/mol. The number of aryl methyl sites for hydroxylation is 2. The fourth-order valence-corrected chi connectivity index (χ4v) is 2.09. The Labute approximate surface area is 124 Å². The summed E-state index contributed by atoms with van der Waals surface area (Å²) in [5.74, 6) is 0.907. The molecule has 20 heavy (non-hydrogen) atoms. The number of anilines is 1. The molecule has 0 bridgehead atoms. The number of nitrogens with one attached hydrogen (secondary N) is 1. The Hall–Kier alpha value is -1.73. The molecule has 0 aliphatic carbocycles. The third kappa shape index (κ3) is 4.14. The van der Waals surface area contributed by atoms with Crippen molar-refractivity contribution in [3.8, 4) is 0 Å². The molecular formula is C13H14BrN3O3. The highest BCUT2D eigenvalue weighted by Gasteiger charge is 2.08. The molecule has 0 unspecified atom stereocenters. The number of aromatic nitrogens is 2. The highest BCUT2D eigenvalue weighted by molar-refractivity contribution is 9.10. The van der Waals surface area contributed by atoms with Crippen molar-refractivity contribution < 1.29 is 14.1 Å². The zero-order chi connectivity index (χ0) is 14.5. The van der Waals surface area contributed by atoms with E-state index in [0.29, 0.717) is 17.3 Å². The number of hydrogen-bond donors (Lipinski definition) is 1. The standard InChI is InChI=1S/C13H14BrN3O3/c1-8-3-11(14)13(15-5-8)16-12(18)7-19-6-10-4-9(2)20-17-10/h3-5H,6-7H2,1-2H3,(H,15,16,18). The minimum absolute atomic E-state index is 0.0755. The number of ether oxygens (including phenoxy) is 1. The molecule has 0 saturated carbocycles. The highest BCUT2D eigenvalue weighted by Crippen LogP contribution is 2.20. The fourth-order valence-electron chi connectivity index (χ4n) is 1.53. The third-order valence-corrected chi connectivity index (χ3v) is 3.00. The number of halogens is 1. The van der Waals surface area contributed by atoms with Crippen LogP contribution in [-0.4, -0.2) is 22.7 Å². The van der Waals surface area contributed by atoms with Gasteiger partial charge in [0.25, 0.3) is 5.91 Å². The van der Waals surface area contributed by atoms with Gasteiger partial charge in [0.1, 0.15) is 23.9 Å². The SMILES string of the molecule is Cc1cnc(NC(=O)COCc2cc(C)on2)c(Br)c1. The highest BCUT2D eigenvalue weighted by atomic mass is 79.9. The van der Waals surface area contributed by atoms with E-state index in [0.717, 1.165) is 10.0 Å². The van der Waals surface area contributed by atoms with Crippen LogP contribution >= 0.6 is 15.9 Å². The topological polar surface area (TPSA) is 77.2 Å². The number of rotatable bonds is 5. The van der Waals surface area contributed by atoms with Crippen molar-refractivity contribution in [1.82, 2.24) is 10.1 Å². The molecule has 0 atom stereocenters. The zero-order valence-corrected chi connectivity index (χ0v) is 12.7. The van der Waals surface area contributed by atoms with E-state index < -0.39 is 0 Å². The smallest absolute Gasteiger partial charge is 0.251 e. The molecule has 0 aliphatic rings. The minimum Gasteiger partial charge on any atom is -0.365 e. The lowest BCUT2D eigenvalue weighted by Gasteiger charge is -2.07. The Balaban J connectivity index is 1.80. The molecule has 7 heteroatoms. The molecule has 1 amide bonds. The largest absolute Gasteiger partial charge is 0.365 e. The van der Waals surface area contributed by atoms with Crippen molar-refractivity contribution in [2.24, 2.45) is 0 Å². The first kappa shape index (κ1) is 14.7.